The Labute approximate surface area is 186 Å². The summed E-state index contributed by atoms with van der Waals surface area (Å²) in [5.41, 5.74) is 1.38. The lowest BCUT2D eigenvalue weighted by Gasteiger charge is -2.40. The van der Waals surface area contributed by atoms with E-state index in [9.17, 15) is 0 Å². The maximum absolute atomic E-state index is 6.38. The summed E-state index contributed by atoms with van der Waals surface area (Å²) in [5.74, 6) is -0.659. The lowest BCUT2D eigenvalue weighted by Crippen LogP contribution is -2.47. The fourth-order valence-corrected chi connectivity index (χ4v) is 3.87. The van der Waals surface area contributed by atoms with Gasteiger partial charge in [0.15, 0.2) is 0 Å². The Morgan fingerprint density at radius 2 is 1.17 bits per heavy atom. The van der Waals surface area contributed by atoms with E-state index in [4.69, 9.17) is 14.2 Å². The summed E-state index contributed by atoms with van der Waals surface area (Å²) in [6, 6.07) is 10.8. The van der Waals surface area contributed by atoms with E-state index in [1.165, 1.54) is 44.1 Å². The van der Waals surface area contributed by atoms with Crippen LogP contribution in [0.5, 0.6) is 0 Å². The van der Waals surface area contributed by atoms with E-state index < -0.39 is 5.97 Å². The van der Waals surface area contributed by atoms with Gasteiger partial charge in [-0.2, -0.15) is 0 Å². The Kier molecular flexibility index (Phi) is 16.1. The molecule has 0 aliphatic heterocycles. The van der Waals surface area contributed by atoms with Gasteiger partial charge in [0.2, 0.25) is 0 Å². The maximum Gasteiger partial charge on any atom is 0.285 e. The van der Waals surface area contributed by atoms with E-state index in [0.29, 0.717) is 19.8 Å². The molecule has 30 heavy (non-hydrogen) atoms. The number of rotatable bonds is 20. The summed E-state index contributed by atoms with van der Waals surface area (Å²) in [6.07, 6.45) is 13.9. The summed E-state index contributed by atoms with van der Waals surface area (Å²) < 4.78 is 19.2. The summed E-state index contributed by atoms with van der Waals surface area (Å²) in [4.78, 5) is 0. The first-order valence-corrected chi connectivity index (χ1v) is 12.7. The molecule has 0 saturated heterocycles. The molecule has 0 heterocycles. The Bertz CT molecular complexity index is 466. The van der Waals surface area contributed by atoms with Crippen LogP contribution < -0.4 is 0 Å². The molecule has 0 amide bonds. The van der Waals surface area contributed by atoms with Crippen molar-refractivity contribution in [3.63, 3.8) is 0 Å². The standard InChI is InChI=1S/C27H48O3/c1-5-9-10-11-12-16-19-26(21-20-25-17-14-13-15-18-25)27(28-22-6-2,29-23-7-3)30-24-8-4/h13-15,17-18,26H,5-12,16,19-24H2,1-4H3. The SMILES string of the molecule is CCCCCCCCC(CCc1ccccc1)C(OCCC)(OCCC)OCCC. The van der Waals surface area contributed by atoms with Crippen molar-refractivity contribution in [2.24, 2.45) is 5.92 Å². The zero-order valence-electron chi connectivity index (χ0n) is 20.3. The second-order valence-electron chi connectivity index (χ2n) is 8.43. The van der Waals surface area contributed by atoms with E-state index in [0.717, 1.165) is 38.5 Å². The van der Waals surface area contributed by atoms with Crippen LogP contribution in [0.1, 0.15) is 104 Å². The van der Waals surface area contributed by atoms with E-state index in [1.807, 2.05) is 0 Å². The first kappa shape index (κ1) is 27.1. The molecule has 0 N–H and O–H groups in total. The van der Waals surface area contributed by atoms with Crippen LogP contribution in [0, 0.1) is 5.92 Å². The van der Waals surface area contributed by atoms with E-state index in [2.05, 4.69) is 58.0 Å². The molecule has 0 aromatic heterocycles. The van der Waals surface area contributed by atoms with Gasteiger partial charge in [-0.3, -0.25) is 0 Å². The van der Waals surface area contributed by atoms with E-state index in [-0.39, 0.29) is 5.92 Å². The third-order valence-electron chi connectivity index (χ3n) is 5.55. The monoisotopic (exact) mass is 420 g/mol. The quantitative estimate of drug-likeness (QED) is 0.158. The number of hydrogen-bond donors (Lipinski definition) is 0. The lowest BCUT2D eigenvalue weighted by molar-refractivity contribution is -0.406. The van der Waals surface area contributed by atoms with Gasteiger partial charge in [-0.1, -0.05) is 96.6 Å². The highest BCUT2D eigenvalue weighted by molar-refractivity contribution is 5.14. The Hall–Kier alpha value is -0.900. The molecule has 1 rings (SSSR count). The molecule has 0 bridgehead atoms. The Balaban J connectivity index is 2.91. The van der Waals surface area contributed by atoms with Crippen molar-refractivity contribution in [1.82, 2.24) is 0 Å². The van der Waals surface area contributed by atoms with Crippen molar-refractivity contribution in [3.05, 3.63) is 35.9 Å². The van der Waals surface area contributed by atoms with Crippen LogP contribution in [0.4, 0.5) is 0 Å². The van der Waals surface area contributed by atoms with Crippen LogP contribution in [-0.4, -0.2) is 25.8 Å². The van der Waals surface area contributed by atoms with Crippen molar-refractivity contribution in [1.29, 1.82) is 0 Å². The van der Waals surface area contributed by atoms with Gasteiger partial charge in [0.25, 0.3) is 5.97 Å². The summed E-state index contributed by atoms with van der Waals surface area (Å²) in [7, 11) is 0. The first-order chi connectivity index (χ1) is 14.7. The second kappa shape index (κ2) is 17.7. The molecule has 0 radical (unpaired) electrons. The summed E-state index contributed by atoms with van der Waals surface area (Å²) >= 11 is 0. The van der Waals surface area contributed by atoms with E-state index in [1.54, 1.807) is 0 Å². The topological polar surface area (TPSA) is 27.7 Å². The molecule has 0 spiro atoms. The molecule has 1 aromatic carbocycles. The maximum atomic E-state index is 6.38. The minimum Gasteiger partial charge on any atom is -0.327 e. The fraction of sp³-hybridized carbons (Fsp3) is 0.778. The third kappa shape index (κ3) is 10.9. The lowest BCUT2D eigenvalue weighted by atomic mass is 9.91. The molecule has 0 saturated carbocycles. The van der Waals surface area contributed by atoms with Crippen LogP contribution in [0.15, 0.2) is 30.3 Å². The molecule has 0 aliphatic carbocycles. The molecule has 1 unspecified atom stereocenters. The largest absolute Gasteiger partial charge is 0.327 e. The van der Waals surface area contributed by atoms with Crippen molar-refractivity contribution >= 4 is 0 Å². The Morgan fingerprint density at radius 3 is 1.70 bits per heavy atom. The van der Waals surface area contributed by atoms with Crippen molar-refractivity contribution in [2.75, 3.05) is 19.8 Å². The molecule has 3 heteroatoms. The molecule has 174 valence electrons. The number of benzene rings is 1. The Morgan fingerprint density at radius 1 is 0.633 bits per heavy atom. The van der Waals surface area contributed by atoms with Gasteiger partial charge in [-0.25, -0.2) is 0 Å². The molecular formula is C27H48O3. The van der Waals surface area contributed by atoms with Crippen LogP contribution in [-0.2, 0) is 20.6 Å². The molecule has 1 atom stereocenters. The van der Waals surface area contributed by atoms with Crippen LogP contribution in [0.2, 0.25) is 0 Å². The number of unbranched alkanes of at least 4 members (excludes halogenated alkanes) is 5. The van der Waals surface area contributed by atoms with Gasteiger partial charge < -0.3 is 14.2 Å². The third-order valence-corrected chi connectivity index (χ3v) is 5.55. The smallest absolute Gasteiger partial charge is 0.285 e. The van der Waals surface area contributed by atoms with Crippen molar-refractivity contribution < 1.29 is 14.2 Å². The number of ether oxygens (including phenoxy) is 3. The first-order valence-electron chi connectivity index (χ1n) is 12.7. The van der Waals surface area contributed by atoms with Gasteiger partial charge in [0.1, 0.15) is 0 Å². The minimum atomic E-state index is -0.903. The van der Waals surface area contributed by atoms with Crippen LogP contribution >= 0.6 is 0 Å². The van der Waals surface area contributed by atoms with E-state index >= 15 is 0 Å². The van der Waals surface area contributed by atoms with Crippen molar-refractivity contribution in [3.8, 4) is 0 Å². The van der Waals surface area contributed by atoms with Crippen LogP contribution in [0.3, 0.4) is 0 Å². The normalized spacial score (nSPS) is 12.9. The van der Waals surface area contributed by atoms with Gasteiger partial charge >= 0.3 is 0 Å². The molecule has 1 aromatic rings. The second-order valence-corrected chi connectivity index (χ2v) is 8.43. The van der Waals surface area contributed by atoms with Gasteiger partial charge in [-0.05, 0) is 44.1 Å². The zero-order chi connectivity index (χ0) is 21.9. The van der Waals surface area contributed by atoms with Gasteiger partial charge in [0.05, 0.1) is 19.8 Å². The molecular weight excluding hydrogens is 372 g/mol. The van der Waals surface area contributed by atoms with Gasteiger partial charge in [0, 0.05) is 5.92 Å². The minimum absolute atomic E-state index is 0.244. The van der Waals surface area contributed by atoms with Gasteiger partial charge in [-0.15, -0.1) is 0 Å². The molecule has 0 aliphatic rings. The van der Waals surface area contributed by atoms with Crippen LogP contribution in [0.25, 0.3) is 0 Å². The average Bonchev–Trinajstić information content (AvgIpc) is 2.78. The number of aryl methyl sites for hydroxylation is 1. The highest BCUT2D eigenvalue weighted by Crippen LogP contribution is 2.34. The highest BCUT2D eigenvalue weighted by Gasteiger charge is 2.42. The summed E-state index contributed by atoms with van der Waals surface area (Å²) in [5, 5.41) is 0. The fourth-order valence-electron chi connectivity index (χ4n) is 3.87. The number of hydrogen-bond acceptors (Lipinski definition) is 3. The predicted octanol–water partition coefficient (Wildman–Crippen LogP) is 7.92. The molecule has 3 nitrogen and oxygen atoms in total. The zero-order valence-corrected chi connectivity index (χ0v) is 20.3. The van der Waals surface area contributed by atoms with Crippen molar-refractivity contribution in [2.45, 2.75) is 111 Å². The summed E-state index contributed by atoms with van der Waals surface area (Å²) in [6.45, 7) is 10.7. The molecule has 0 fully saturated rings. The highest BCUT2D eigenvalue weighted by atomic mass is 16.9. The predicted molar refractivity (Wildman–Crippen MR) is 128 cm³/mol. The average molecular weight is 421 g/mol.